The molecule has 1 rings (SSSR count). The van der Waals surface area contributed by atoms with Crippen molar-refractivity contribution in [2.45, 2.75) is 19.9 Å². The predicted octanol–water partition coefficient (Wildman–Crippen LogP) is -0.874. The molecule has 3 N–H and O–H groups in total. The normalized spacial score (nSPS) is 17.1. The summed E-state index contributed by atoms with van der Waals surface area (Å²) in [6.07, 6.45) is 0. The van der Waals surface area contributed by atoms with E-state index in [1.165, 1.54) is 0 Å². The third-order valence-electron chi connectivity index (χ3n) is 2.52. The zero-order valence-electron chi connectivity index (χ0n) is 9.88. The van der Waals surface area contributed by atoms with Gasteiger partial charge in [-0.3, -0.25) is 4.79 Å². The summed E-state index contributed by atoms with van der Waals surface area (Å²) in [7, 11) is 0. The molecule has 1 aliphatic rings. The number of hydrogen-bond acceptors (Lipinski definition) is 3. The lowest BCUT2D eigenvalue weighted by atomic mass is 10.3. The summed E-state index contributed by atoms with van der Waals surface area (Å²) in [6.45, 7) is 7.07. The van der Waals surface area contributed by atoms with Crippen LogP contribution in [-0.2, 0) is 4.79 Å². The van der Waals surface area contributed by atoms with Crippen molar-refractivity contribution >= 4 is 11.9 Å². The monoisotopic (exact) mass is 228 g/mol. The molecule has 0 aromatic rings. The average Bonchev–Trinajstić information content (AvgIpc) is 2.65. The fourth-order valence-electron chi connectivity index (χ4n) is 1.56. The second-order valence-electron chi connectivity index (χ2n) is 3.79. The number of rotatable bonds is 6. The summed E-state index contributed by atoms with van der Waals surface area (Å²) < 4.78 is 0. The van der Waals surface area contributed by atoms with Gasteiger partial charge >= 0.3 is 6.03 Å². The van der Waals surface area contributed by atoms with Gasteiger partial charge in [-0.15, -0.1) is 0 Å². The standard InChI is InChI=1S/C10H20N4O2/c1-3-11-9(15)8(2)12-4-6-14-7-5-13-10(14)16/h8,12H,3-7H2,1-2H3,(H,11,15)(H,13,16). The number of likely N-dealkylation sites (N-methyl/N-ethyl adjacent to an activating group) is 1. The number of hydrogen-bond donors (Lipinski definition) is 3. The van der Waals surface area contributed by atoms with Gasteiger partial charge in [-0.05, 0) is 13.8 Å². The van der Waals surface area contributed by atoms with E-state index in [4.69, 9.17) is 0 Å². The fourth-order valence-corrected chi connectivity index (χ4v) is 1.56. The number of urea groups is 1. The first kappa shape index (κ1) is 12.8. The number of nitrogens with one attached hydrogen (secondary N) is 3. The van der Waals surface area contributed by atoms with Gasteiger partial charge in [0.2, 0.25) is 5.91 Å². The van der Waals surface area contributed by atoms with Crippen LogP contribution in [0.15, 0.2) is 0 Å². The molecule has 1 heterocycles. The molecule has 0 spiro atoms. The topological polar surface area (TPSA) is 73.5 Å². The van der Waals surface area contributed by atoms with Crippen LogP contribution in [0.1, 0.15) is 13.8 Å². The second-order valence-corrected chi connectivity index (χ2v) is 3.79. The van der Waals surface area contributed by atoms with Crippen molar-refractivity contribution in [3.8, 4) is 0 Å². The van der Waals surface area contributed by atoms with Crippen LogP contribution in [0.25, 0.3) is 0 Å². The molecule has 1 atom stereocenters. The van der Waals surface area contributed by atoms with Crippen molar-refractivity contribution in [3.63, 3.8) is 0 Å². The first-order valence-corrected chi connectivity index (χ1v) is 5.69. The molecule has 0 bridgehead atoms. The third-order valence-corrected chi connectivity index (χ3v) is 2.52. The van der Waals surface area contributed by atoms with Crippen molar-refractivity contribution < 1.29 is 9.59 Å². The Morgan fingerprint density at radius 3 is 2.94 bits per heavy atom. The smallest absolute Gasteiger partial charge is 0.317 e. The van der Waals surface area contributed by atoms with E-state index in [-0.39, 0.29) is 18.0 Å². The molecule has 1 fully saturated rings. The maximum Gasteiger partial charge on any atom is 0.317 e. The third kappa shape index (κ3) is 3.69. The molecule has 92 valence electrons. The minimum absolute atomic E-state index is 0.00614. The lowest BCUT2D eigenvalue weighted by Crippen LogP contribution is -2.45. The Bertz CT molecular complexity index is 257. The molecule has 0 aromatic carbocycles. The van der Waals surface area contributed by atoms with E-state index in [2.05, 4.69) is 16.0 Å². The maximum atomic E-state index is 11.4. The van der Waals surface area contributed by atoms with Crippen molar-refractivity contribution in [3.05, 3.63) is 0 Å². The summed E-state index contributed by atoms with van der Waals surface area (Å²) in [5.74, 6) is -0.00614. The van der Waals surface area contributed by atoms with Crippen LogP contribution in [0.3, 0.4) is 0 Å². The molecule has 16 heavy (non-hydrogen) atoms. The molecule has 0 saturated carbocycles. The van der Waals surface area contributed by atoms with E-state index < -0.39 is 0 Å². The zero-order valence-corrected chi connectivity index (χ0v) is 9.88. The summed E-state index contributed by atoms with van der Waals surface area (Å²) in [4.78, 5) is 24.3. The highest BCUT2D eigenvalue weighted by atomic mass is 16.2. The molecular weight excluding hydrogens is 208 g/mol. The van der Waals surface area contributed by atoms with Crippen molar-refractivity contribution in [1.29, 1.82) is 0 Å². The Balaban J connectivity index is 2.14. The van der Waals surface area contributed by atoms with Gasteiger partial charge in [0.25, 0.3) is 0 Å². The Morgan fingerprint density at radius 1 is 1.62 bits per heavy atom. The van der Waals surface area contributed by atoms with Gasteiger partial charge in [-0.1, -0.05) is 0 Å². The van der Waals surface area contributed by atoms with Gasteiger partial charge in [0.05, 0.1) is 6.04 Å². The SMILES string of the molecule is CCNC(=O)C(C)NCCN1CCNC1=O. The lowest BCUT2D eigenvalue weighted by molar-refractivity contribution is -0.122. The van der Waals surface area contributed by atoms with Crippen molar-refractivity contribution in [1.82, 2.24) is 20.9 Å². The van der Waals surface area contributed by atoms with E-state index in [0.717, 1.165) is 6.54 Å². The number of carbonyl (C=O) groups is 2. The molecule has 6 heteroatoms. The Morgan fingerprint density at radius 2 is 2.38 bits per heavy atom. The van der Waals surface area contributed by atoms with Crippen LogP contribution < -0.4 is 16.0 Å². The van der Waals surface area contributed by atoms with Gasteiger partial charge in [0.1, 0.15) is 0 Å². The summed E-state index contributed by atoms with van der Waals surface area (Å²) in [5, 5.41) is 8.55. The van der Waals surface area contributed by atoms with Crippen molar-refractivity contribution in [2.75, 3.05) is 32.7 Å². The Kier molecular flexibility index (Phi) is 5.04. The minimum atomic E-state index is -0.217. The maximum absolute atomic E-state index is 11.4. The van der Waals surface area contributed by atoms with Crippen LogP contribution in [0.2, 0.25) is 0 Å². The largest absolute Gasteiger partial charge is 0.355 e. The van der Waals surface area contributed by atoms with E-state index in [1.54, 1.807) is 4.90 Å². The van der Waals surface area contributed by atoms with Gasteiger partial charge in [0.15, 0.2) is 0 Å². The van der Waals surface area contributed by atoms with Crippen LogP contribution in [0.4, 0.5) is 4.79 Å². The lowest BCUT2D eigenvalue weighted by Gasteiger charge is -2.17. The van der Waals surface area contributed by atoms with Crippen LogP contribution in [0, 0.1) is 0 Å². The molecule has 1 unspecified atom stereocenters. The van der Waals surface area contributed by atoms with Crippen LogP contribution >= 0.6 is 0 Å². The predicted molar refractivity (Wildman–Crippen MR) is 61.1 cm³/mol. The van der Waals surface area contributed by atoms with Crippen molar-refractivity contribution in [2.24, 2.45) is 0 Å². The summed E-state index contributed by atoms with van der Waals surface area (Å²) in [6, 6.07) is -0.238. The first-order chi connectivity index (χ1) is 7.65. The van der Waals surface area contributed by atoms with Gasteiger partial charge in [-0.2, -0.15) is 0 Å². The first-order valence-electron chi connectivity index (χ1n) is 5.69. The van der Waals surface area contributed by atoms with Gasteiger partial charge in [-0.25, -0.2) is 4.79 Å². The minimum Gasteiger partial charge on any atom is -0.355 e. The summed E-state index contributed by atoms with van der Waals surface area (Å²) >= 11 is 0. The summed E-state index contributed by atoms with van der Waals surface area (Å²) in [5.41, 5.74) is 0. The Hall–Kier alpha value is -1.30. The molecule has 3 amide bonds. The zero-order chi connectivity index (χ0) is 12.0. The van der Waals surface area contributed by atoms with E-state index >= 15 is 0 Å². The van der Waals surface area contributed by atoms with Crippen LogP contribution in [-0.4, -0.2) is 55.6 Å². The molecule has 0 aliphatic carbocycles. The highest BCUT2D eigenvalue weighted by molar-refractivity contribution is 5.81. The molecule has 0 radical (unpaired) electrons. The van der Waals surface area contributed by atoms with Gasteiger partial charge < -0.3 is 20.9 Å². The average molecular weight is 228 g/mol. The second kappa shape index (κ2) is 6.32. The molecule has 1 aliphatic heterocycles. The molecule has 6 nitrogen and oxygen atoms in total. The van der Waals surface area contributed by atoms with E-state index in [9.17, 15) is 9.59 Å². The number of carbonyl (C=O) groups excluding carboxylic acids is 2. The number of amides is 3. The highest BCUT2D eigenvalue weighted by Crippen LogP contribution is 1.94. The highest BCUT2D eigenvalue weighted by Gasteiger charge is 2.19. The number of nitrogens with zero attached hydrogens (tertiary/aromatic N) is 1. The molecule has 0 aromatic heterocycles. The van der Waals surface area contributed by atoms with Gasteiger partial charge in [0, 0.05) is 32.7 Å². The fraction of sp³-hybridized carbons (Fsp3) is 0.800. The molecule has 1 saturated heterocycles. The van der Waals surface area contributed by atoms with Crippen LogP contribution in [0.5, 0.6) is 0 Å². The quantitative estimate of drug-likeness (QED) is 0.553. The van der Waals surface area contributed by atoms with E-state index in [0.29, 0.717) is 26.2 Å². The molecular formula is C10H20N4O2. The Labute approximate surface area is 95.8 Å². The van der Waals surface area contributed by atoms with E-state index in [1.807, 2.05) is 13.8 Å².